The van der Waals surface area contributed by atoms with Crippen LogP contribution in [-0.2, 0) is 20.0 Å². The lowest BCUT2D eigenvalue weighted by molar-refractivity contribution is -0.190. The van der Waals surface area contributed by atoms with Gasteiger partial charge >= 0.3 is 6.09 Å². The molecule has 2 rings (SSSR count). The Balaban J connectivity index is 2.35. The predicted molar refractivity (Wildman–Crippen MR) is 80.5 cm³/mol. The highest BCUT2D eigenvalue weighted by molar-refractivity contribution is 14.1. The molecule has 0 unspecified atom stereocenters. The smallest absolute Gasteiger partial charge is 0.411 e. The summed E-state index contributed by atoms with van der Waals surface area (Å²) in [6, 6.07) is 5.38. The zero-order chi connectivity index (χ0) is 14.6. The van der Waals surface area contributed by atoms with Crippen molar-refractivity contribution in [2.24, 2.45) is 0 Å². The van der Waals surface area contributed by atoms with Crippen LogP contribution >= 0.6 is 22.6 Å². The number of aliphatic hydroxyl groups is 1. The number of hydrogen-bond donors (Lipinski definition) is 2. The topological polar surface area (TPSA) is 77.0 Å². The minimum atomic E-state index is -1.23. The van der Waals surface area contributed by atoms with Crippen LogP contribution in [0.4, 0.5) is 10.5 Å². The van der Waals surface area contributed by atoms with Gasteiger partial charge in [-0.15, -0.1) is 0 Å². The summed E-state index contributed by atoms with van der Waals surface area (Å²) in [4.78, 5) is 11.6. The normalized spacial score (nSPS) is 16.9. The van der Waals surface area contributed by atoms with Crippen LogP contribution in [0.3, 0.4) is 0 Å². The number of ether oxygens (including phenoxy) is 3. The maximum atomic E-state index is 11.6. The molecule has 0 saturated carbocycles. The van der Waals surface area contributed by atoms with Crippen LogP contribution in [0.2, 0.25) is 0 Å². The van der Waals surface area contributed by atoms with Crippen LogP contribution in [0.1, 0.15) is 12.5 Å². The number of rotatable bonds is 4. The van der Waals surface area contributed by atoms with Gasteiger partial charge in [0, 0.05) is 9.13 Å². The molecule has 20 heavy (non-hydrogen) atoms. The molecule has 1 aliphatic heterocycles. The lowest BCUT2D eigenvalue weighted by Crippen LogP contribution is -2.33. The summed E-state index contributed by atoms with van der Waals surface area (Å²) in [7, 11) is 0. The fraction of sp³-hybridized carbons (Fsp3) is 0.462. The largest absolute Gasteiger partial charge is 0.450 e. The number of amides is 1. The van der Waals surface area contributed by atoms with Crippen molar-refractivity contribution in [2.75, 3.05) is 31.7 Å². The van der Waals surface area contributed by atoms with E-state index < -0.39 is 11.9 Å². The molecule has 1 amide bonds. The van der Waals surface area contributed by atoms with Gasteiger partial charge in [-0.05, 0) is 47.7 Å². The highest BCUT2D eigenvalue weighted by Crippen LogP contribution is 2.36. The highest BCUT2D eigenvalue weighted by atomic mass is 127. The Labute approximate surface area is 130 Å². The van der Waals surface area contributed by atoms with Crippen molar-refractivity contribution in [3.05, 3.63) is 27.3 Å². The molecule has 1 aliphatic rings. The van der Waals surface area contributed by atoms with Gasteiger partial charge in [-0.2, -0.15) is 0 Å². The first-order chi connectivity index (χ1) is 9.61. The summed E-state index contributed by atoms with van der Waals surface area (Å²) >= 11 is 2.15. The van der Waals surface area contributed by atoms with Crippen molar-refractivity contribution < 1.29 is 24.1 Å². The Morgan fingerprint density at radius 2 is 2.20 bits per heavy atom. The van der Waals surface area contributed by atoms with Crippen LogP contribution in [-0.4, -0.2) is 37.6 Å². The predicted octanol–water partition coefficient (Wildman–Crippen LogP) is 2.05. The first kappa shape index (κ1) is 15.5. The van der Waals surface area contributed by atoms with Crippen molar-refractivity contribution in [1.82, 2.24) is 0 Å². The maximum absolute atomic E-state index is 11.6. The molecule has 0 atom stereocenters. The van der Waals surface area contributed by atoms with Crippen molar-refractivity contribution in [2.45, 2.75) is 12.7 Å². The Morgan fingerprint density at radius 1 is 1.50 bits per heavy atom. The van der Waals surface area contributed by atoms with Crippen LogP contribution in [0.15, 0.2) is 18.2 Å². The second kappa shape index (κ2) is 6.70. The second-order valence-corrected chi connectivity index (χ2v) is 5.39. The lowest BCUT2D eigenvalue weighted by atomic mass is 10.0. The molecule has 0 bridgehead atoms. The summed E-state index contributed by atoms with van der Waals surface area (Å²) in [6.45, 7) is 2.47. The Morgan fingerprint density at radius 3 is 2.80 bits per heavy atom. The monoisotopic (exact) mass is 393 g/mol. The van der Waals surface area contributed by atoms with Crippen LogP contribution in [0, 0.1) is 3.57 Å². The van der Waals surface area contributed by atoms with Gasteiger partial charge in [-0.25, -0.2) is 4.79 Å². The third-order valence-electron chi connectivity index (χ3n) is 2.87. The molecule has 1 fully saturated rings. The number of nitrogens with one attached hydrogen (secondary N) is 1. The van der Waals surface area contributed by atoms with E-state index in [2.05, 4.69) is 27.9 Å². The molecule has 0 spiro atoms. The average Bonchev–Trinajstić information content (AvgIpc) is 2.91. The van der Waals surface area contributed by atoms with Gasteiger partial charge in [0.15, 0.2) is 0 Å². The molecular weight excluding hydrogens is 377 g/mol. The van der Waals surface area contributed by atoms with E-state index in [1.807, 2.05) is 12.1 Å². The molecule has 1 heterocycles. The maximum Gasteiger partial charge on any atom is 0.411 e. The van der Waals surface area contributed by atoms with Gasteiger partial charge in [-0.1, -0.05) is 0 Å². The SMILES string of the molecule is CCOC(=O)Nc1ccc(I)cc1C1(CO)OCCO1. The van der Waals surface area contributed by atoms with Crippen molar-refractivity contribution in [3.8, 4) is 0 Å². The van der Waals surface area contributed by atoms with Gasteiger partial charge in [0.2, 0.25) is 5.79 Å². The average molecular weight is 393 g/mol. The fourth-order valence-electron chi connectivity index (χ4n) is 2.00. The third-order valence-corrected chi connectivity index (χ3v) is 3.54. The zero-order valence-corrected chi connectivity index (χ0v) is 13.2. The fourth-order valence-corrected chi connectivity index (χ4v) is 2.50. The molecule has 0 aromatic heterocycles. The standard InChI is InChI=1S/C13H16INO5/c1-2-18-12(17)15-11-4-3-9(14)7-10(11)13(8-16)19-5-6-20-13/h3-4,7,16H,2,5-6,8H2,1H3,(H,15,17). The molecule has 7 heteroatoms. The number of halogens is 1. The molecule has 110 valence electrons. The second-order valence-electron chi connectivity index (χ2n) is 4.14. The van der Waals surface area contributed by atoms with E-state index in [4.69, 9.17) is 14.2 Å². The number of carbonyl (C=O) groups is 1. The van der Waals surface area contributed by atoms with Gasteiger partial charge in [0.25, 0.3) is 0 Å². The van der Waals surface area contributed by atoms with Gasteiger partial charge in [-0.3, -0.25) is 5.32 Å². The van der Waals surface area contributed by atoms with Crippen molar-refractivity contribution >= 4 is 34.4 Å². The Hall–Kier alpha value is -0.900. The molecule has 6 nitrogen and oxygen atoms in total. The van der Waals surface area contributed by atoms with Crippen molar-refractivity contribution in [3.63, 3.8) is 0 Å². The first-order valence-electron chi connectivity index (χ1n) is 6.24. The lowest BCUT2D eigenvalue weighted by Gasteiger charge is -2.27. The molecular formula is C13H16INO5. The van der Waals surface area contributed by atoms with E-state index >= 15 is 0 Å². The number of aliphatic hydroxyl groups excluding tert-OH is 1. The number of anilines is 1. The van der Waals surface area contributed by atoms with E-state index in [9.17, 15) is 9.90 Å². The van der Waals surface area contributed by atoms with E-state index in [0.717, 1.165) is 3.57 Å². The van der Waals surface area contributed by atoms with Crippen LogP contribution < -0.4 is 5.32 Å². The molecule has 1 saturated heterocycles. The van der Waals surface area contributed by atoms with Crippen molar-refractivity contribution in [1.29, 1.82) is 0 Å². The van der Waals surface area contributed by atoms with E-state index in [-0.39, 0.29) is 13.2 Å². The van der Waals surface area contributed by atoms with Crippen LogP contribution in [0.5, 0.6) is 0 Å². The van der Waals surface area contributed by atoms with E-state index in [0.29, 0.717) is 24.5 Å². The molecule has 2 N–H and O–H groups in total. The first-order valence-corrected chi connectivity index (χ1v) is 7.32. The highest BCUT2D eigenvalue weighted by Gasteiger charge is 2.40. The summed E-state index contributed by atoms with van der Waals surface area (Å²) in [5.41, 5.74) is 1.08. The Kier molecular flexibility index (Phi) is 5.19. The minimum Gasteiger partial charge on any atom is -0.450 e. The minimum absolute atomic E-state index is 0.281. The summed E-state index contributed by atoms with van der Waals surface area (Å²) in [5, 5.41) is 12.3. The van der Waals surface area contributed by atoms with Crippen LogP contribution in [0.25, 0.3) is 0 Å². The third kappa shape index (κ3) is 3.22. The van der Waals surface area contributed by atoms with E-state index in [1.54, 1.807) is 13.0 Å². The van der Waals surface area contributed by atoms with Gasteiger partial charge in [0.1, 0.15) is 6.61 Å². The molecule has 1 aromatic carbocycles. The number of hydrogen-bond acceptors (Lipinski definition) is 5. The summed E-state index contributed by atoms with van der Waals surface area (Å²) in [6.07, 6.45) is -0.555. The molecule has 0 aliphatic carbocycles. The quantitative estimate of drug-likeness (QED) is 0.766. The molecule has 1 aromatic rings. The Bertz CT molecular complexity index is 488. The zero-order valence-electron chi connectivity index (χ0n) is 11.0. The summed E-state index contributed by atoms with van der Waals surface area (Å²) in [5.74, 6) is -1.23. The number of benzene rings is 1. The molecule has 0 radical (unpaired) electrons. The van der Waals surface area contributed by atoms with Gasteiger partial charge < -0.3 is 19.3 Å². The summed E-state index contributed by atoms with van der Waals surface area (Å²) < 4.78 is 16.9. The van der Waals surface area contributed by atoms with E-state index in [1.165, 1.54) is 0 Å². The number of carbonyl (C=O) groups excluding carboxylic acids is 1. The van der Waals surface area contributed by atoms with Gasteiger partial charge in [0.05, 0.1) is 25.5 Å².